The van der Waals surface area contributed by atoms with Gasteiger partial charge in [0.2, 0.25) is 0 Å². The second-order valence-corrected chi connectivity index (χ2v) is 4.50. The fraction of sp³-hybridized carbons (Fsp3) is 0.909. The smallest absolute Gasteiger partial charge is 0.305 e. The second kappa shape index (κ2) is 4.94. The van der Waals surface area contributed by atoms with E-state index in [1.165, 1.54) is 25.7 Å². The summed E-state index contributed by atoms with van der Waals surface area (Å²) in [5.74, 6) is -0.714. The minimum atomic E-state index is -0.714. The maximum Gasteiger partial charge on any atom is 0.305 e. The molecule has 15 heavy (non-hydrogen) atoms. The summed E-state index contributed by atoms with van der Waals surface area (Å²) in [5.41, 5.74) is 0. The van der Waals surface area contributed by atoms with Crippen molar-refractivity contribution in [2.24, 2.45) is 0 Å². The van der Waals surface area contributed by atoms with Crippen LogP contribution in [-0.4, -0.2) is 47.8 Å². The first-order valence-corrected chi connectivity index (χ1v) is 5.82. The SMILES string of the molecule is O=C(O)CC1COCCN1C1CCCC1. The molecule has 2 rings (SSSR count). The number of hydrogen-bond acceptors (Lipinski definition) is 3. The Morgan fingerprint density at radius 3 is 2.80 bits per heavy atom. The molecule has 1 saturated heterocycles. The molecule has 0 aromatic heterocycles. The highest BCUT2D eigenvalue weighted by atomic mass is 16.5. The second-order valence-electron chi connectivity index (χ2n) is 4.50. The molecular weight excluding hydrogens is 194 g/mol. The largest absolute Gasteiger partial charge is 0.481 e. The molecule has 1 heterocycles. The zero-order valence-electron chi connectivity index (χ0n) is 9.02. The minimum Gasteiger partial charge on any atom is -0.481 e. The van der Waals surface area contributed by atoms with E-state index >= 15 is 0 Å². The van der Waals surface area contributed by atoms with Crippen LogP contribution in [0.1, 0.15) is 32.1 Å². The predicted molar refractivity (Wildman–Crippen MR) is 55.8 cm³/mol. The lowest BCUT2D eigenvalue weighted by atomic mass is 10.1. The van der Waals surface area contributed by atoms with Crippen molar-refractivity contribution in [2.45, 2.75) is 44.2 Å². The van der Waals surface area contributed by atoms with Crippen molar-refractivity contribution < 1.29 is 14.6 Å². The number of nitrogens with zero attached hydrogens (tertiary/aromatic N) is 1. The maximum atomic E-state index is 10.7. The molecule has 4 heteroatoms. The van der Waals surface area contributed by atoms with E-state index in [1.807, 2.05) is 0 Å². The van der Waals surface area contributed by atoms with Gasteiger partial charge in [0.15, 0.2) is 0 Å². The van der Waals surface area contributed by atoms with Crippen LogP contribution in [0.25, 0.3) is 0 Å². The van der Waals surface area contributed by atoms with Crippen molar-refractivity contribution in [1.82, 2.24) is 4.90 Å². The third-order valence-corrected chi connectivity index (χ3v) is 3.48. The molecule has 1 aliphatic heterocycles. The fourth-order valence-corrected chi connectivity index (χ4v) is 2.76. The van der Waals surface area contributed by atoms with Crippen molar-refractivity contribution in [3.63, 3.8) is 0 Å². The van der Waals surface area contributed by atoms with E-state index in [0.29, 0.717) is 12.6 Å². The third kappa shape index (κ3) is 2.69. The summed E-state index contributed by atoms with van der Waals surface area (Å²) in [6.07, 6.45) is 5.27. The molecule has 86 valence electrons. The van der Waals surface area contributed by atoms with E-state index < -0.39 is 5.97 Å². The lowest BCUT2D eigenvalue weighted by Crippen LogP contribution is -2.50. The van der Waals surface area contributed by atoms with Gasteiger partial charge < -0.3 is 9.84 Å². The van der Waals surface area contributed by atoms with Gasteiger partial charge in [-0.3, -0.25) is 9.69 Å². The fourth-order valence-electron chi connectivity index (χ4n) is 2.76. The highest BCUT2D eigenvalue weighted by Crippen LogP contribution is 2.27. The summed E-state index contributed by atoms with van der Waals surface area (Å²) in [4.78, 5) is 13.1. The standard InChI is InChI=1S/C11H19NO3/c13-11(14)7-10-8-15-6-5-12(10)9-3-1-2-4-9/h9-10H,1-8H2,(H,13,14). The summed E-state index contributed by atoms with van der Waals surface area (Å²) < 4.78 is 5.37. The molecule has 0 bridgehead atoms. The normalized spacial score (nSPS) is 29.5. The number of carboxylic acids is 1. The Bertz CT molecular complexity index is 226. The zero-order chi connectivity index (χ0) is 10.7. The van der Waals surface area contributed by atoms with Gasteiger partial charge in [0, 0.05) is 18.6 Å². The number of morpholine rings is 1. The van der Waals surface area contributed by atoms with E-state index in [-0.39, 0.29) is 12.5 Å². The van der Waals surface area contributed by atoms with Crippen LogP contribution in [0, 0.1) is 0 Å². The van der Waals surface area contributed by atoms with Gasteiger partial charge in [-0.25, -0.2) is 0 Å². The van der Waals surface area contributed by atoms with E-state index in [4.69, 9.17) is 9.84 Å². The third-order valence-electron chi connectivity index (χ3n) is 3.48. The first kappa shape index (κ1) is 10.9. The van der Waals surface area contributed by atoms with Crippen LogP contribution in [0.5, 0.6) is 0 Å². The van der Waals surface area contributed by atoms with Gasteiger partial charge in [0.05, 0.1) is 19.6 Å². The first-order valence-electron chi connectivity index (χ1n) is 5.82. The van der Waals surface area contributed by atoms with E-state index in [2.05, 4.69) is 4.90 Å². The Hall–Kier alpha value is -0.610. The van der Waals surface area contributed by atoms with E-state index in [0.717, 1.165) is 13.2 Å². The number of carboxylic acid groups (broad SMARTS) is 1. The number of ether oxygens (including phenoxy) is 1. The molecule has 1 unspecified atom stereocenters. The van der Waals surface area contributed by atoms with Gasteiger partial charge in [-0.05, 0) is 12.8 Å². The summed E-state index contributed by atoms with van der Waals surface area (Å²) in [6.45, 7) is 2.25. The van der Waals surface area contributed by atoms with Crippen LogP contribution in [0.3, 0.4) is 0 Å². The Labute approximate surface area is 90.2 Å². The average molecular weight is 213 g/mol. The molecule has 2 fully saturated rings. The molecule has 0 aromatic rings. The van der Waals surface area contributed by atoms with Crippen LogP contribution in [0.15, 0.2) is 0 Å². The minimum absolute atomic E-state index is 0.0966. The summed E-state index contributed by atoms with van der Waals surface area (Å²) in [7, 11) is 0. The van der Waals surface area contributed by atoms with Gasteiger partial charge in [-0.15, -0.1) is 0 Å². The van der Waals surface area contributed by atoms with Crippen LogP contribution in [0.2, 0.25) is 0 Å². The van der Waals surface area contributed by atoms with Crippen molar-refractivity contribution >= 4 is 5.97 Å². The van der Waals surface area contributed by atoms with Crippen molar-refractivity contribution in [3.8, 4) is 0 Å². The molecular formula is C11H19NO3. The predicted octanol–water partition coefficient (Wildman–Crippen LogP) is 1.10. The van der Waals surface area contributed by atoms with E-state index in [9.17, 15) is 4.79 Å². The zero-order valence-corrected chi connectivity index (χ0v) is 9.02. The quantitative estimate of drug-likeness (QED) is 0.763. The Kier molecular flexibility index (Phi) is 3.59. The summed E-state index contributed by atoms with van der Waals surface area (Å²) in [6, 6.07) is 0.706. The molecule has 0 amide bonds. The molecule has 1 atom stereocenters. The van der Waals surface area contributed by atoms with Crippen molar-refractivity contribution in [2.75, 3.05) is 19.8 Å². The summed E-state index contributed by atoms with van der Waals surface area (Å²) in [5, 5.41) is 8.84. The van der Waals surface area contributed by atoms with Crippen LogP contribution in [-0.2, 0) is 9.53 Å². The Balaban J connectivity index is 1.95. The number of rotatable bonds is 3. The number of carbonyl (C=O) groups is 1. The Morgan fingerprint density at radius 2 is 2.13 bits per heavy atom. The monoisotopic (exact) mass is 213 g/mol. The van der Waals surface area contributed by atoms with Crippen molar-refractivity contribution in [3.05, 3.63) is 0 Å². The van der Waals surface area contributed by atoms with Gasteiger partial charge in [-0.2, -0.15) is 0 Å². The Morgan fingerprint density at radius 1 is 1.40 bits per heavy atom. The molecule has 1 saturated carbocycles. The van der Waals surface area contributed by atoms with Gasteiger partial charge >= 0.3 is 5.97 Å². The molecule has 0 aromatic carbocycles. The molecule has 1 N–H and O–H groups in total. The summed E-state index contributed by atoms with van der Waals surface area (Å²) >= 11 is 0. The molecule has 2 aliphatic rings. The van der Waals surface area contributed by atoms with Gasteiger partial charge in [0.1, 0.15) is 0 Å². The van der Waals surface area contributed by atoms with E-state index in [1.54, 1.807) is 0 Å². The molecule has 0 spiro atoms. The maximum absolute atomic E-state index is 10.7. The van der Waals surface area contributed by atoms with Gasteiger partial charge in [-0.1, -0.05) is 12.8 Å². The van der Waals surface area contributed by atoms with Crippen LogP contribution < -0.4 is 0 Å². The highest BCUT2D eigenvalue weighted by Gasteiger charge is 2.32. The molecule has 4 nitrogen and oxygen atoms in total. The highest BCUT2D eigenvalue weighted by molar-refractivity contribution is 5.67. The molecule has 1 aliphatic carbocycles. The molecule has 0 radical (unpaired) electrons. The van der Waals surface area contributed by atoms with Gasteiger partial charge in [0.25, 0.3) is 0 Å². The van der Waals surface area contributed by atoms with Crippen molar-refractivity contribution in [1.29, 1.82) is 0 Å². The van der Waals surface area contributed by atoms with Crippen LogP contribution >= 0.6 is 0 Å². The first-order chi connectivity index (χ1) is 7.27. The lowest BCUT2D eigenvalue weighted by molar-refractivity contribution is -0.140. The lowest BCUT2D eigenvalue weighted by Gasteiger charge is -2.39. The van der Waals surface area contributed by atoms with Crippen LogP contribution in [0.4, 0.5) is 0 Å². The topological polar surface area (TPSA) is 49.8 Å². The average Bonchev–Trinajstić information content (AvgIpc) is 2.70. The number of aliphatic carboxylic acids is 1. The number of hydrogen-bond donors (Lipinski definition) is 1.